The summed E-state index contributed by atoms with van der Waals surface area (Å²) >= 11 is 0. The van der Waals surface area contributed by atoms with Gasteiger partial charge in [-0.3, -0.25) is 4.79 Å². The van der Waals surface area contributed by atoms with E-state index < -0.39 is 11.9 Å². The van der Waals surface area contributed by atoms with Crippen molar-refractivity contribution in [2.45, 2.75) is 6.92 Å². The normalized spacial score (nSPS) is 10.3. The van der Waals surface area contributed by atoms with Crippen molar-refractivity contribution in [3.8, 4) is 17.0 Å². The predicted octanol–water partition coefficient (Wildman–Crippen LogP) is 4.08. The molecule has 0 radical (unpaired) electrons. The molecule has 0 bridgehead atoms. The minimum Gasteiger partial charge on any atom is -0.482 e. The Morgan fingerprint density at radius 1 is 1.03 bits per heavy atom. The van der Waals surface area contributed by atoms with Gasteiger partial charge in [0.1, 0.15) is 17.3 Å². The highest BCUT2D eigenvalue weighted by molar-refractivity contribution is 6.03. The molecule has 0 aliphatic carbocycles. The van der Waals surface area contributed by atoms with Crippen molar-refractivity contribution in [1.29, 1.82) is 0 Å². The van der Waals surface area contributed by atoms with Gasteiger partial charge in [0.25, 0.3) is 5.91 Å². The number of nitrogens with zero attached hydrogens (tertiary/aromatic N) is 1. The lowest BCUT2D eigenvalue weighted by molar-refractivity contribution is -0.145. The molecule has 2 aromatic carbocycles. The van der Waals surface area contributed by atoms with E-state index in [0.717, 1.165) is 0 Å². The Balaban J connectivity index is 1.69. The zero-order valence-electron chi connectivity index (χ0n) is 15.7. The second-order valence-corrected chi connectivity index (χ2v) is 5.99. The summed E-state index contributed by atoms with van der Waals surface area (Å²) in [5.41, 5.74) is 1.97. The number of anilines is 1. The summed E-state index contributed by atoms with van der Waals surface area (Å²) in [4.78, 5) is 28.3. The fourth-order valence-corrected chi connectivity index (χ4v) is 2.55. The Morgan fingerprint density at radius 2 is 1.79 bits per heavy atom. The Kier molecular flexibility index (Phi) is 6.52. The van der Waals surface area contributed by atoms with Gasteiger partial charge in [0.15, 0.2) is 6.61 Å². The Labute approximate surface area is 167 Å². The Morgan fingerprint density at radius 3 is 2.55 bits per heavy atom. The Bertz CT molecular complexity index is 1010. The van der Waals surface area contributed by atoms with Crippen molar-refractivity contribution in [3.05, 3.63) is 78.2 Å². The molecule has 148 valence electrons. The second-order valence-electron chi connectivity index (χ2n) is 5.99. The molecular weight excluding hydrogens is 375 g/mol. The number of esters is 1. The summed E-state index contributed by atoms with van der Waals surface area (Å²) in [5.74, 6) is -0.795. The molecule has 6 nitrogen and oxygen atoms in total. The largest absolute Gasteiger partial charge is 0.482 e. The lowest BCUT2D eigenvalue weighted by Crippen LogP contribution is -2.15. The third-order valence-electron chi connectivity index (χ3n) is 3.88. The van der Waals surface area contributed by atoms with Gasteiger partial charge >= 0.3 is 5.97 Å². The summed E-state index contributed by atoms with van der Waals surface area (Å²) in [6, 6.07) is 17.6. The predicted molar refractivity (Wildman–Crippen MR) is 106 cm³/mol. The van der Waals surface area contributed by atoms with E-state index in [4.69, 9.17) is 9.47 Å². The van der Waals surface area contributed by atoms with Crippen LogP contribution in [0.1, 0.15) is 17.4 Å². The van der Waals surface area contributed by atoms with Gasteiger partial charge in [-0.1, -0.05) is 12.1 Å². The smallest absolute Gasteiger partial charge is 0.344 e. The van der Waals surface area contributed by atoms with Crippen molar-refractivity contribution in [2.24, 2.45) is 0 Å². The third kappa shape index (κ3) is 5.62. The lowest BCUT2D eigenvalue weighted by atomic mass is 10.1. The van der Waals surface area contributed by atoms with Crippen LogP contribution >= 0.6 is 0 Å². The zero-order valence-corrected chi connectivity index (χ0v) is 15.7. The van der Waals surface area contributed by atoms with Crippen LogP contribution in [-0.4, -0.2) is 30.1 Å². The molecule has 0 saturated carbocycles. The molecule has 3 aromatic rings. The van der Waals surface area contributed by atoms with Gasteiger partial charge in [0, 0.05) is 17.3 Å². The highest BCUT2D eigenvalue weighted by Crippen LogP contribution is 2.20. The van der Waals surface area contributed by atoms with E-state index in [-0.39, 0.29) is 24.7 Å². The molecule has 0 atom stereocenters. The highest BCUT2D eigenvalue weighted by atomic mass is 19.1. The SMILES string of the molecule is CCOC(=O)COc1cccc(NC(=O)c2cccc(-c3ccc(F)cc3)n2)c1. The van der Waals surface area contributed by atoms with Crippen molar-refractivity contribution in [3.63, 3.8) is 0 Å². The van der Waals surface area contributed by atoms with Gasteiger partial charge in [-0.25, -0.2) is 14.2 Å². The number of aromatic nitrogens is 1. The van der Waals surface area contributed by atoms with Gasteiger partial charge in [0.2, 0.25) is 0 Å². The molecule has 0 unspecified atom stereocenters. The highest BCUT2D eigenvalue weighted by Gasteiger charge is 2.11. The minimum absolute atomic E-state index is 0.213. The maximum Gasteiger partial charge on any atom is 0.344 e. The number of carbonyl (C=O) groups is 2. The maximum atomic E-state index is 13.1. The van der Waals surface area contributed by atoms with Crippen LogP contribution in [-0.2, 0) is 9.53 Å². The summed E-state index contributed by atoms with van der Waals surface area (Å²) in [7, 11) is 0. The van der Waals surface area contributed by atoms with Gasteiger partial charge < -0.3 is 14.8 Å². The van der Waals surface area contributed by atoms with E-state index in [9.17, 15) is 14.0 Å². The number of rotatable bonds is 7. The van der Waals surface area contributed by atoms with Crippen molar-refractivity contribution in [1.82, 2.24) is 4.98 Å². The molecule has 1 heterocycles. The van der Waals surface area contributed by atoms with Crippen LogP contribution in [0.3, 0.4) is 0 Å². The quantitative estimate of drug-likeness (QED) is 0.611. The van der Waals surface area contributed by atoms with E-state index in [2.05, 4.69) is 10.3 Å². The van der Waals surface area contributed by atoms with E-state index in [1.807, 2.05) is 0 Å². The van der Waals surface area contributed by atoms with Gasteiger partial charge in [-0.05, 0) is 55.5 Å². The first kappa shape index (κ1) is 20.0. The molecule has 0 spiro atoms. The molecule has 0 fully saturated rings. The summed E-state index contributed by atoms with van der Waals surface area (Å²) in [6.45, 7) is 1.78. The number of amides is 1. The van der Waals surface area contributed by atoms with Gasteiger partial charge in [-0.2, -0.15) is 0 Å². The van der Waals surface area contributed by atoms with E-state index >= 15 is 0 Å². The fourth-order valence-electron chi connectivity index (χ4n) is 2.55. The topological polar surface area (TPSA) is 77.5 Å². The first-order valence-corrected chi connectivity index (χ1v) is 8.98. The lowest BCUT2D eigenvalue weighted by Gasteiger charge is -2.09. The molecule has 0 aliphatic heterocycles. The number of hydrogen-bond donors (Lipinski definition) is 1. The summed E-state index contributed by atoms with van der Waals surface area (Å²) in [5, 5.41) is 2.74. The molecule has 7 heteroatoms. The number of pyridine rings is 1. The molecule has 3 rings (SSSR count). The standard InChI is InChI=1S/C22H19FN2O4/c1-2-28-21(26)14-29-18-6-3-5-17(13-18)24-22(27)20-8-4-7-19(25-20)15-9-11-16(23)12-10-15/h3-13H,2,14H2,1H3,(H,24,27). The number of ether oxygens (including phenoxy) is 2. The van der Waals surface area contributed by atoms with Crippen LogP contribution < -0.4 is 10.1 Å². The molecule has 29 heavy (non-hydrogen) atoms. The summed E-state index contributed by atoms with van der Waals surface area (Å²) < 4.78 is 23.3. The molecule has 0 saturated heterocycles. The van der Waals surface area contributed by atoms with Gasteiger partial charge in [0.05, 0.1) is 12.3 Å². The van der Waals surface area contributed by atoms with Crippen LogP contribution in [0.25, 0.3) is 11.3 Å². The van der Waals surface area contributed by atoms with Crippen LogP contribution in [0.5, 0.6) is 5.75 Å². The molecule has 1 aromatic heterocycles. The second kappa shape index (κ2) is 9.45. The first-order chi connectivity index (χ1) is 14.0. The van der Waals surface area contributed by atoms with Crippen LogP contribution in [0.15, 0.2) is 66.7 Å². The first-order valence-electron chi connectivity index (χ1n) is 8.98. The van der Waals surface area contributed by atoms with Crippen molar-refractivity contribution in [2.75, 3.05) is 18.5 Å². The Hall–Kier alpha value is -3.74. The molecule has 1 N–H and O–H groups in total. The average Bonchev–Trinajstić information content (AvgIpc) is 2.73. The number of benzene rings is 2. The number of carbonyl (C=O) groups excluding carboxylic acids is 2. The van der Waals surface area contributed by atoms with E-state index in [0.29, 0.717) is 22.7 Å². The van der Waals surface area contributed by atoms with Crippen LogP contribution in [0.2, 0.25) is 0 Å². The number of halogens is 1. The van der Waals surface area contributed by atoms with Crippen molar-refractivity contribution >= 4 is 17.6 Å². The number of nitrogens with one attached hydrogen (secondary N) is 1. The van der Waals surface area contributed by atoms with Crippen LogP contribution in [0, 0.1) is 5.82 Å². The van der Waals surface area contributed by atoms with E-state index in [1.165, 1.54) is 12.1 Å². The zero-order chi connectivity index (χ0) is 20.6. The number of hydrogen-bond acceptors (Lipinski definition) is 5. The summed E-state index contributed by atoms with van der Waals surface area (Å²) in [6.07, 6.45) is 0. The van der Waals surface area contributed by atoms with Crippen LogP contribution in [0.4, 0.5) is 10.1 Å². The van der Waals surface area contributed by atoms with E-state index in [1.54, 1.807) is 61.5 Å². The monoisotopic (exact) mass is 394 g/mol. The molecule has 1 amide bonds. The fraction of sp³-hybridized carbons (Fsp3) is 0.136. The molecule has 0 aliphatic rings. The van der Waals surface area contributed by atoms with Crippen molar-refractivity contribution < 1.29 is 23.5 Å². The average molecular weight is 394 g/mol. The molecular formula is C22H19FN2O4. The maximum absolute atomic E-state index is 13.1. The third-order valence-corrected chi connectivity index (χ3v) is 3.88. The minimum atomic E-state index is -0.469. The van der Waals surface area contributed by atoms with Gasteiger partial charge in [-0.15, -0.1) is 0 Å².